The first kappa shape index (κ1) is 19.1. The predicted molar refractivity (Wildman–Crippen MR) is 112 cm³/mol. The number of thioether (sulfide) groups is 1. The molecule has 0 radical (unpaired) electrons. The summed E-state index contributed by atoms with van der Waals surface area (Å²) in [5, 5.41) is 8.44. The number of hydrogen-bond acceptors (Lipinski definition) is 6. The number of pyridine rings is 1. The Morgan fingerprint density at radius 2 is 1.83 bits per heavy atom. The molecular formula is C22H20N4O2S. The van der Waals surface area contributed by atoms with Crippen LogP contribution in [-0.2, 0) is 6.54 Å². The molecule has 0 amide bonds. The van der Waals surface area contributed by atoms with E-state index in [0.717, 1.165) is 29.1 Å². The third kappa shape index (κ3) is 4.30. The zero-order chi connectivity index (χ0) is 20.2. The van der Waals surface area contributed by atoms with Crippen LogP contribution in [0.15, 0.2) is 70.6 Å². The van der Waals surface area contributed by atoms with Crippen LogP contribution in [0.1, 0.15) is 27.3 Å². The first-order valence-corrected chi connectivity index (χ1v) is 10.2. The zero-order valence-corrected chi connectivity index (χ0v) is 17.0. The van der Waals surface area contributed by atoms with Gasteiger partial charge in [-0.2, -0.15) is 0 Å². The Labute approximate surface area is 173 Å². The van der Waals surface area contributed by atoms with Crippen molar-refractivity contribution in [3.05, 3.63) is 83.4 Å². The molecule has 0 bridgehead atoms. The van der Waals surface area contributed by atoms with Gasteiger partial charge in [-0.05, 0) is 37.6 Å². The molecule has 0 aliphatic carbocycles. The number of ketones is 1. The lowest BCUT2D eigenvalue weighted by atomic mass is 10.2. The van der Waals surface area contributed by atoms with Gasteiger partial charge in [-0.15, -0.1) is 10.2 Å². The monoisotopic (exact) mass is 404 g/mol. The second-order valence-electron chi connectivity index (χ2n) is 6.68. The zero-order valence-electron chi connectivity index (χ0n) is 16.2. The Hall–Kier alpha value is -3.19. The number of rotatable bonds is 7. The Bertz CT molecular complexity index is 1120. The van der Waals surface area contributed by atoms with Gasteiger partial charge in [0.15, 0.2) is 5.78 Å². The largest absolute Gasteiger partial charge is 0.411 e. The SMILES string of the molecule is Cc1cc(C(=O)CSc2nnc(-c3ccncc3)o2)c(C)n1Cc1ccccc1. The van der Waals surface area contributed by atoms with Gasteiger partial charge in [-0.1, -0.05) is 42.1 Å². The topological polar surface area (TPSA) is 73.8 Å². The lowest BCUT2D eigenvalue weighted by Crippen LogP contribution is -2.07. The van der Waals surface area contributed by atoms with Gasteiger partial charge >= 0.3 is 0 Å². The minimum Gasteiger partial charge on any atom is -0.411 e. The first-order chi connectivity index (χ1) is 14.1. The standard InChI is InChI=1S/C22H20N4O2S/c1-15-12-19(16(2)26(15)13-17-6-4-3-5-7-17)20(27)14-29-22-25-24-21(28-22)18-8-10-23-11-9-18/h3-12H,13-14H2,1-2H3. The highest BCUT2D eigenvalue weighted by Crippen LogP contribution is 2.25. The molecule has 0 saturated heterocycles. The minimum absolute atomic E-state index is 0.0473. The van der Waals surface area contributed by atoms with E-state index in [1.807, 2.05) is 38.1 Å². The molecule has 0 aliphatic heterocycles. The minimum atomic E-state index is 0.0473. The summed E-state index contributed by atoms with van der Waals surface area (Å²) in [5.41, 5.74) is 4.78. The highest BCUT2D eigenvalue weighted by Gasteiger charge is 2.18. The van der Waals surface area contributed by atoms with Gasteiger partial charge in [-0.3, -0.25) is 9.78 Å². The normalized spacial score (nSPS) is 11.0. The van der Waals surface area contributed by atoms with Crippen LogP contribution in [0.2, 0.25) is 0 Å². The Kier molecular flexibility index (Phi) is 5.57. The number of hydrogen-bond donors (Lipinski definition) is 0. The molecule has 4 rings (SSSR count). The molecule has 146 valence electrons. The van der Waals surface area contributed by atoms with Crippen molar-refractivity contribution < 1.29 is 9.21 Å². The molecule has 3 aromatic heterocycles. The molecule has 0 atom stereocenters. The van der Waals surface area contributed by atoms with E-state index in [1.54, 1.807) is 24.5 Å². The highest BCUT2D eigenvalue weighted by molar-refractivity contribution is 7.99. The van der Waals surface area contributed by atoms with Crippen molar-refractivity contribution in [1.29, 1.82) is 0 Å². The molecule has 29 heavy (non-hydrogen) atoms. The molecular weight excluding hydrogens is 384 g/mol. The van der Waals surface area contributed by atoms with E-state index >= 15 is 0 Å². The van der Waals surface area contributed by atoms with E-state index in [-0.39, 0.29) is 11.5 Å². The van der Waals surface area contributed by atoms with Crippen molar-refractivity contribution in [2.75, 3.05) is 5.75 Å². The van der Waals surface area contributed by atoms with Crippen LogP contribution < -0.4 is 0 Å². The molecule has 0 spiro atoms. The summed E-state index contributed by atoms with van der Waals surface area (Å²) in [4.78, 5) is 16.8. The average molecular weight is 404 g/mol. The lowest BCUT2D eigenvalue weighted by Gasteiger charge is -2.09. The summed E-state index contributed by atoms with van der Waals surface area (Å²) in [6.45, 7) is 4.76. The Morgan fingerprint density at radius 3 is 2.59 bits per heavy atom. The van der Waals surface area contributed by atoms with Gasteiger partial charge in [0.1, 0.15) is 0 Å². The van der Waals surface area contributed by atoms with Crippen LogP contribution in [0.5, 0.6) is 0 Å². The van der Waals surface area contributed by atoms with Gasteiger partial charge in [0.2, 0.25) is 5.89 Å². The molecule has 3 heterocycles. The summed E-state index contributed by atoms with van der Waals surface area (Å²) in [7, 11) is 0. The fraction of sp³-hybridized carbons (Fsp3) is 0.182. The van der Waals surface area contributed by atoms with Crippen LogP contribution in [0.25, 0.3) is 11.5 Å². The summed E-state index contributed by atoms with van der Waals surface area (Å²) in [5.74, 6) is 0.711. The van der Waals surface area contributed by atoms with Crippen LogP contribution in [0.3, 0.4) is 0 Å². The number of benzene rings is 1. The van der Waals surface area contributed by atoms with Gasteiger partial charge in [-0.25, -0.2) is 0 Å². The fourth-order valence-corrected chi connectivity index (χ4v) is 3.82. The number of carbonyl (C=O) groups is 1. The van der Waals surface area contributed by atoms with Gasteiger partial charge < -0.3 is 8.98 Å². The summed E-state index contributed by atoms with van der Waals surface area (Å²) in [6, 6.07) is 15.8. The van der Waals surface area contributed by atoms with Crippen LogP contribution in [0.4, 0.5) is 0 Å². The molecule has 1 aromatic carbocycles. The van der Waals surface area contributed by atoms with Crippen molar-refractivity contribution in [3.8, 4) is 11.5 Å². The molecule has 0 unspecified atom stereocenters. The summed E-state index contributed by atoms with van der Waals surface area (Å²) in [6.07, 6.45) is 3.34. The van der Waals surface area contributed by atoms with Gasteiger partial charge in [0.05, 0.1) is 5.75 Å². The van der Waals surface area contributed by atoms with Crippen molar-refractivity contribution >= 4 is 17.5 Å². The van der Waals surface area contributed by atoms with Crippen molar-refractivity contribution in [3.63, 3.8) is 0 Å². The first-order valence-electron chi connectivity index (χ1n) is 9.22. The van der Waals surface area contributed by atoms with Crippen molar-refractivity contribution in [1.82, 2.24) is 19.7 Å². The Morgan fingerprint density at radius 1 is 1.07 bits per heavy atom. The smallest absolute Gasteiger partial charge is 0.277 e. The quantitative estimate of drug-likeness (QED) is 0.332. The van der Waals surface area contributed by atoms with E-state index in [4.69, 9.17) is 4.42 Å². The van der Waals surface area contributed by atoms with Crippen molar-refractivity contribution in [2.24, 2.45) is 0 Å². The highest BCUT2D eigenvalue weighted by atomic mass is 32.2. The van der Waals surface area contributed by atoms with E-state index < -0.39 is 0 Å². The molecule has 7 heteroatoms. The number of carbonyl (C=O) groups excluding carboxylic acids is 1. The Balaban J connectivity index is 1.44. The molecule has 0 N–H and O–H groups in total. The van der Waals surface area contributed by atoms with E-state index in [9.17, 15) is 4.79 Å². The maximum Gasteiger partial charge on any atom is 0.277 e. The molecule has 0 aliphatic rings. The maximum absolute atomic E-state index is 12.8. The van der Waals surface area contributed by atoms with Crippen LogP contribution in [-0.4, -0.2) is 31.3 Å². The maximum atomic E-state index is 12.8. The summed E-state index contributed by atoms with van der Waals surface area (Å²) >= 11 is 1.25. The number of aryl methyl sites for hydroxylation is 1. The third-order valence-corrected chi connectivity index (χ3v) is 5.54. The number of nitrogens with zero attached hydrogens (tertiary/aromatic N) is 4. The predicted octanol–water partition coefficient (Wildman–Crippen LogP) is 4.57. The van der Waals surface area contributed by atoms with E-state index in [1.165, 1.54) is 17.3 Å². The van der Waals surface area contributed by atoms with Crippen LogP contribution in [0, 0.1) is 13.8 Å². The number of aromatic nitrogens is 4. The van der Waals surface area contributed by atoms with Gasteiger partial charge in [0, 0.05) is 41.5 Å². The second kappa shape index (κ2) is 8.45. The molecule has 0 fully saturated rings. The number of Topliss-reactive ketones (excluding diaryl/α,β-unsaturated/α-hetero) is 1. The summed E-state index contributed by atoms with van der Waals surface area (Å²) < 4.78 is 7.82. The lowest BCUT2D eigenvalue weighted by molar-refractivity contribution is 0.102. The third-order valence-electron chi connectivity index (χ3n) is 4.72. The molecule has 0 saturated carbocycles. The fourth-order valence-electron chi connectivity index (χ4n) is 3.18. The molecule has 4 aromatic rings. The second-order valence-corrected chi connectivity index (χ2v) is 7.60. The van der Waals surface area contributed by atoms with Gasteiger partial charge in [0.25, 0.3) is 5.22 Å². The van der Waals surface area contributed by atoms with Crippen molar-refractivity contribution in [2.45, 2.75) is 25.6 Å². The van der Waals surface area contributed by atoms with Crippen LogP contribution >= 0.6 is 11.8 Å². The molecule has 6 nitrogen and oxygen atoms in total. The van der Waals surface area contributed by atoms with E-state index in [2.05, 4.69) is 31.9 Å². The van der Waals surface area contributed by atoms with E-state index in [0.29, 0.717) is 11.1 Å². The average Bonchev–Trinajstić information content (AvgIpc) is 3.34.